The van der Waals surface area contributed by atoms with Crippen molar-refractivity contribution in [2.45, 2.75) is 57.9 Å². The number of amides is 1. The maximum atomic E-state index is 13.4. The van der Waals surface area contributed by atoms with Gasteiger partial charge in [0.05, 0.1) is 18.9 Å². The molecule has 2 saturated carbocycles. The summed E-state index contributed by atoms with van der Waals surface area (Å²) >= 11 is 0. The minimum absolute atomic E-state index is 0.0368. The van der Waals surface area contributed by atoms with Gasteiger partial charge < -0.3 is 15.4 Å². The largest absolute Gasteiger partial charge is 0.384 e. The Labute approximate surface area is 186 Å². The van der Waals surface area contributed by atoms with E-state index >= 15 is 0 Å². The maximum absolute atomic E-state index is 13.4. The van der Waals surface area contributed by atoms with Gasteiger partial charge in [0.25, 0.3) is 5.91 Å². The van der Waals surface area contributed by atoms with E-state index in [1.807, 2.05) is 6.92 Å². The first-order valence-electron chi connectivity index (χ1n) is 11.4. The smallest absolute Gasteiger partial charge is 0.251 e. The summed E-state index contributed by atoms with van der Waals surface area (Å²) in [5, 5.41) is 6.41. The van der Waals surface area contributed by atoms with Crippen molar-refractivity contribution in [3.8, 4) is 0 Å². The van der Waals surface area contributed by atoms with Crippen molar-refractivity contribution in [3.63, 3.8) is 0 Å². The minimum atomic E-state index is -3.73. The number of nitrogens with one attached hydrogen (secondary N) is 2. The SMILES string of the molecule is CCNc1ccc(C(=O)NC2C(C)(C)[C@@H]3CC[C@@]2(C)C3)cc1S(=O)(=O)N1CCOCC1. The van der Waals surface area contributed by atoms with Gasteiger partial charge in [-0.2, -0.15) is 4.31 Å². The quantitative estimate of drug-likeness (QED) is 0.697. The summed E-state index contributed by atoms with van der Waals surface area (Å²) in [6, 6.07) is 5.04. The first kappa shape index (κ1) is 22.6. The summed E-state index contributed by atoms with van der Waals surface area (Å²) in [6.45, 7) is 10.7. The van der Waals surface area contributed by atoms with Crippen LogP contribution in [-0.2, 0) is 14.8 Å². The zero-order chi connectivity index (χ0) is 22.4. The van der Waals surface area contributed by atoms with Crippen LogP contribution in [0.15, 0.2) is 23.1 Å². The van der Waals surface area contributed by atoms with E-state index in [1.165, 1.54) is 16.8 Å². The van der Waals surface area contributed by atoms with E-state index in [0.29, 0.717) is 50.0 Å². The average molecular weight is 450 g/mol. The topological polar surface area (TPSA) is 87.7 Å². The molecular weight excluding hydrogens is 414 g/mol. The summed E-state index contributed by atoms with van der Waals surface area (Å²) in [5.41, 5.74) is 1.05. The number of rotatable bonds is 6. The van der Waals surface area contributed by atoms with Crippen molar-refractivity contribution in [1.29, 1.82) is 0 Å². The number of carbonyl (C=O) groups is 1. The van der Waals surface area contributed by atoms with Crippen LogP contribution in [0.1, 0.15) is 57.3 Å². The molecule has 1 aromatic carbocycles. The molecule has 0 spiro atoms. The second kappa shape index (κ2) is 8.05. The number of fused-ring (bicyclic) bond motifs is 2. The van der Waals surface area contributed by atoms with E-state index in [4.69, 9.17) is 4.74 Å². The zero-order valence-electron chi connectivity index (χ0n) is 19.0. The Bertz CT molecular complexity index is 951. The molecule has 172 valence electrons. The van der Waals surface area contributed by atoms with Crippen molar-refractivity contribution in [2.75, 3.05) is 38.2 Å². The molecule has 1 aromatic rings. The molecule has 8 heteroatoms. The molecular formula is C23H35N3O4S. The first-order valence-corrected chi connectivity index (χ1v) is 12.8. The number of anilines is 1. The lowest BCUT2D eigenvalue weighted by Crippen LogP contribution is -2.52. The molecule has 1 unspecified atom stereocenters. The van der Waals surface area contributed by atoms with E-state index in [9.17, 15) is 13.2 Å². The Kier molecular flexibility index (Phi) is 5.85. The molecule has 2 aliphatic carbocycles. The number of carbonyl (C=O) groups excluding carboxylic acids is 1. The van der Waals surface area contributed by atoms with E-state index < -0.39 is 10.0 Å². The third-order valence-corrected chi connectivity index (χ3v) is 9.68. The molecule has 0 aromatic heterocycles. The molecule has 3 atom stereocenters. The van der Waals surface area contributed by atoms with Gasteiger partial charge in [-0.1, -0.05) is 20.8 Å². The van der Waals surface area contributed by atoms with Gasteiger partial charge in [0.1, 0.15) is 4.90 Å². The highest BCUT2D eigenvalue weighted by molar-refractivity contribution is 7.89. The van der Waals surface area contributed by atoms with Crippen LogP contribution in [0.2, 0.25) is 0 Å². The van der Waals surface area contributed by atoms with Gasteiger partial charge in [-0.15, -0.1) is 0 Å². The summed E-state index contributed by atoms with van der Waals surface area (Å²) in [6.07, 6.45) is 3.48. The predicted octanol–water partition coefficient (Wildman–Crippen LogP) is 3.08. The Balaban J connectivity index is 1.63. The number of benzene rings is 1. The Morgan fingerprint density at radius 1 is 1.23 bits per heavy atom. The highest BCUT2D eigenvalue weighted by atomic mass is 32.2. The van der Waals surface area contributed by atoms with Crippen LogP contribution in [0, 0.1) is 16.7 Å². The van der Waals surface area contributed by atoms with Gasteiger partial charge in [0.15, 0.2) is 0 Å². The number of hydrogen-bond acceptors (Lipinski definition) is 5. The Hall–Kier alpha value is -1.64. The van der Waals surface area contributed by atoms with Crippen molar-refractivity contribution in [1.82, 2.24) is 9.62 Å². The standard InChI is InChI=1S/C23H35N3O4S/c1-5-24-18-7-6-16(14-19(18)31(28,29)26-10-12-30-13-11-26)20(27)25-21-22(2,3)17-8-9-23(21,4)15-17/h6-7,14,17,21,24H,5,8-13,15H2,1-4H3,(H,25,27)/t17-,21?,23+/m1/s1. The number of ether oxygens (including phenoxy) is 1. The third kappa shape index (κ3) is 3.87. The fourth-order valence-electron chi connectivity index (χ4n) is 6.02. The number of morpholine rings is 1. The summed E-state index contributed by atoms with van der Waals surface area (Å²) in [7, 11) is -3.73. The zero-order valence-corrected chi connectivity index (χ0v) is 19.8. The van der Waals surface area contributed by atoms with Crippen LogP contribution in [0.3, 0.4) is 0 Å². The normalized spacial score (nSPS) is 30.3. The van der Waals surface area contributed by atoms with Crippen LogP contribution < -0.4 is 10.6 Å². The monoisotopic (exact) mass is 449 g/mol. The molecule has 1 heterocycles. The van der Waals surface area contributed by atoms with Gasteiger partial charge in [-0.3, -0.25) is 4.79 Å². The van der Waals surface area contributed by atoms with Crippen molar-refractivity contribution in [2.24, 2.45) is 16.7 Å². The highest BCUT2D eigenvalue weighted by Gasteiger charge is 2.59. The van der Waals surface area contributed by atoms with Crippen LogP contribution in [0.25, 0.3) is 0 Å². The fraction of sp³-hybridized carbons (Fsp3) is 0.696. The van der Waals surface area contributed by atoms with Gasteiger partial charge in [-0.05, 0) is 61.1 Å². The third-order valence-electron chi connectivity index (χ3n) is 7.74. The molecule has 31 heavy (non-hydrogen) atoms. The van der Waals surface area contributed by atoms with Crippen molar-refractivity contribution in [3.05, 3.63) is 23.8 Å². The van der Waals surface area contributed by atoms with E-state index in [0.717, 1.165) is 12.8 Å². The summed E-state index contributed by atoms with van der Waals surface area (Å²) in [4.78, 5) is 13.4. The second-order valence-corrected chi connectivity index (χ2v) is 12.0. The maximum Gasteiger partial charge on any atom is 0.251 e. The number of sulfonamides is 1. The van der Waals surface area contributed by atoms with Gasteiger partial charge in [0, 0.05) is 31.2 Å². The molecule has 1 amide bonds. The Morgan fingerprint density at radius 3 is 2.55 bits per heavy atom. The van der Waals surface area contributed by atoms with Gasteiger partial charge in [0.2, 0.25) is 10.0 Å². The van der Waals surface area contributed by atoms with Crippen molar-refractivity contribution >= 4 is 21.6 Å². The second-order valence-electron chi connectivity index (χ2n) is 10.1. The average Bonchev–Trinajstić information content (AvgIpc) is 3.23. The number of hydrogen-bond donors (Lipinski definition) is 2. The van der Waals surface area contributed by atoms with Crippen LogP contribution in [0.4, 0.5) is 5.69 Å². The van der Waals surface area contributed by atoms with Crippen LogP contribution in [0.5, 0.6) is 0 Å². The molecule has 2 N–H and O–H groups in total. The molecule has 7 nitrogen and oxygen atoms in total. The van der Waals surface area contributed by atoms with E-state index in [2.05, 4.69) is 31.4 Å². The predicted molar refractivity (Wildman–Crippen MR) is 121 cm³/mol. The lowest BCUT2D eigenvalue weighted by Gasteiger charge is -2.43. The van der Waals surface area contributed by atoms with Gasteiger partial charge >= 0.3 is 0 Å². The van der Waals surface area contributed by atoms with E-state index in [-0.39, 0.29) is 27.7 Å². The van der Waals surface area contributed by atoms with Crippen LogP contribution >= 0.6 is 0 Å². The lowest BCUT2D eigenvalue weighted by molar-refractivity contribution is 0.0729. The first-order chi connectivity index (χ1) is 14.6. The molecule has 1 saturated heterocycles. The lowest BCUT2D eigenvalue weighted by atomic mass is 9.68. The van der Waals surface area contributed by atoms with Gasteiger partial charge in [-0.25, -0.2) is 8.42 Å². The highest BCUT2D eigenvalue weighted by Crippen LogP contribution is 2.62. The fourth-order valence-corrected chi connectivity index (χ4v) is 7.62. The minimum Gasteiger partial charge on any atom is -0.384 e. The molecule has 3 aliphatic rings. The number of nitrogens with zero attached hydrogens (tertiary/aromatic N) is 1. The molecule has 2 bridgehead atoms. The van der Waals surface area contributed by atoms with E-state index in [1.54, 1.807) is 12.1 Å². The molecule has 0 radical (unpaired) electrons. The Morgan fingerprint density at radius 2 is 1.94 bits per heavy atom. The molecule has 3 fully saturated rings. The molecule has 1 aliphatic heterocycles. The summed E-state index contributed by atoms with van der Waals surface area (Å²) in [5.74, 6) is 0.421. The van der Waals surface area contributed by atoms with Crippen LogP contribution in [-0.4, -0.2) is 57.5 Å². The van der Waals surface area contributed by atoms with Crippen molar-refractivity contribution < 1.29 is 17.9 Å². The molecule has 4 rings (SSSR count). The summed E-state index contributed by atoms with van der Waals surface area (Å²) < 4.78 is 33.5.